The van der Waals surface area contributed by atoms with Crippen molar-refractivity contribution in [3.63, 3.8) is 0 Å². The molecule has 0 radical (unpaired) electrons. The van der Waals surface area contributed by atoms with Crippen LogP contribution in [0.4, 0.5) is 0 Å². The summed E-state index contributed by atoms with van der Waals surface area (Å²) in [6.45, 7) is 11.3. The molecule has 1 heterocycles. The van der Waals surface area contributed by atoms with Crippen molar-refractivity contribution in [1.82, 2.24) is 0 Å². The van der Waals surface area contributed by atoms with Crippen LogP contribution in [0.15, 0.2) is 12.1 Å². The molecule has 3 rings (SSSR count). The van der Waals surface area contributed by atoms with Gasteiger partial charge in [-0.25, -0.2) is 0 Å². The van der Waals surface area contributed by atoms with Gasteiger partial charge in [0.2, 0.25) is 0 Å². The van der Waals surface area contributed by atoms with Crippen molar-refractivity contribution < 1.29 is 17.4 Å². The molecule has 0 N–H and O–H groups in total. The van der Waals surface area contributed by atoms with E-state index >= 15 is 0 Å². The lowest BCUT2D eigenvalue weighted by molar-refractivity contribution is 0.0985. The van der Waals surface area contributed by atoms with Gasteiger partial charge in [-0.3, -0.25) is 8.98 Å². The lowest BCUT2D eigenvalue weighted by atomic mass is 9.74. The number of benzene rings is 1. The van der Waals surface area contributed by atoms with Gasteiger partial charge in [-0.1, -0.05) is 32.9 Å². The normalized spacial score (nSPS) is 15.5. The van der Waals surface area contributed by atoms with Crippen LogP contribution < -0.4 is 0 Å². The van der Waals surface area contributed by atoms with Gasteiger partial charge in [0.1, 0.15) is 0 Å². The molecule has 0 atom stereocenters. The number of Topliss-reactive ketones (excluding diaryl/α,β-unsaturated/α-hetero) is 1. The largest absolute Gasteiger partial charge is 0.293 e. The first-order chi connectivity index (χ1) is 15.4. The molecule has 0 bridgehead atoms. The highest BCUT2D eigenvalue weighted by molar-refractivity contribution is 7.85. The molecule has 0 aliphatic heterocycles. The number of rotatable bonds is 10. The maximum Gasteiger partial charge on any atom is 0.264 e. The number of hydrogen-bond donors (Lipinski definition) is 0. The molecule has 0 saturated heterocycles. The number of carbonyl (C=O) groups excluding carboxylic acids is 1. The highest BCUT2D eigenvalue weighted by Gasteiger charge is 2.31. The predicted octanol–water partition coefficient (Wildman–Crippen LogP) is 6.17. The van der Waals surface area contributed by atoms with E-state index in [9.17, 15) is 13.2 Å². The van der Waals surface area contributed by atoms with Crippen LogP contribution in [0.2, 0.25) is 0 Å². The summed E-state index contributed by atoms with van der Waals surface area (Å²) >= 11 is 1.74. The number of aryl methyl sites for hydroxylation is 4. The highest BCUT2D eigenvalue weighted by Crippen LogP contribution is 2.42. The third-order valence-corrected chi connectivity index (χ3v) is 8.80. The third kappa shape index (κ3) is 6.77. The van der Waals surface area contributed by atoms with Crippen LogP contribution in [-0.4, -0.2) is 27.1 Å². The molecule has 4 nitrogen and oxygen atoms in total. The van der Waals surface area contributed by atoms with E-state index in [4.69, 9.17) is 4.18 Å². The third-order valence-electron chi connectivity index (χ3n) is 6.75. The number of hydrogen-bond acceptors (Lipinski definition) is 5. The van der Waals surface area contributed by atoms with Crippen molar-refractivity contribution in [3.8, 4) is 0 Å². The average molecular weight is 491 g/mol. The van der Waals surface area contributed by atoms with E-state index < -0.39 is 10.1 Å². The number of fused-ring (bicyclic) bond motifs is 1. The lowest BCUT2D eigenvalue weighted by Crippen LogP contribution is -2.22. The summed E-state index contributed by atoms with van der Waals surface area (Å²) in [5.41, 5.74) is 7.94. The highest BCUT2D eigenvalue weighted by atomic mass is 32.2. The second-order valence-electron chi connectivity index (χ2n) is 10.3. The van der Waals surface area contributed by atoms with Crippen molar-refractivity contribution in [1.29, 1.82) is 0 Å². The van der Waals surface area contributed by atoms with E-state index in [1.807, 2.05) is 0 Å². The molecule has 0 unspecified atom stereocenters. The van der Waals surface area contributed by atoms with Gasteiger partial charge in [0, 0.05) is 11.3 Å². The zero-order chi connectivity index (χ0) is 24.4. The fraction of sp³-hybridized carbons (Fsp3) is 0.593. The number of thiophene rings is 1. The van der Waals surface area contributed by atoms with Crippen molar-refractivity contribution in [3.05, 3.63) is 55.3 Å². The maximum absolute atomic E-state index is 13.2. The first-order valence-electron chi connectivity index (χ1n) is 12.0. The van der Waals surface area contributed by atoms with Crippen molar-refractivity contribution in [2.24, 2.45) is 5.41 Å². The summed E-state index contributed by atoms with van der Waals surface area (Å²) in [6, 6.07) is 4.35. The van der Waals surface area contributed by atoms with E-state index in [1.54, 1.807) is 11.3 Å². The minimum atomic E-state index is -3.39. The molecule has 1 aromatic heterocycles. The Morgan fingerprint density at radius 1 is 1.12 bits per heavy atom. The van der Waals surface area contributed by atoms with Crippen molar-refractivity contribution in [2.45, 2.75) is 86.0 Å². The first-order valence-corrected chi connectivity index (χ1v) is 14.6. The molecule has 1 aliphatic rings. The quantitative estimate of drug-likeness (QED) is 0.227. The van der Waals surface area contributed by atoms with Gasteiger partial charge in [0.05, 0.1) is 17.7 Å². The van der Waals surface area contributed by atoms with Crippen LogP contribution in [0.25, 0.3) is 0 Å². The molecular formula is C27H38O4S2. The zero-order valence-electron chi connectivity index (χ0n) is 21.0. The van der Waals surface area contributed by atoms with E-state index in [0.29, 0.717) is 18.3 Å². The lowest BCUT2D eigenvalue weighted by Gasteiger charge is -2.30. The maximum atomic E-state index is 13.2. The zero-order valence-corrected chi connectivity index (χ0v) is 22.6. The van der Waals surface area contributed by atoms with Gasteiger partial charge in [0.25, 0.3) is 10.1 Å². The van der Waals surface area contributed by atoms with E-state index in [0.717, 1.165) is 49.7 Å². The van der Waals surface area contributed by atoms with Crippen LogP contribution in [0.3, 0.4) is 0 Å². The molecule has 2 aromatic rings. The van der Waals surface area contributed by atoms with E-state index in [1.165, 1.54) is 38.3 Å². The molecule has 0 spiro atoms. The SMILES string of the molecule is CCc1sc(C(=O)CCc2cc(C)c(CCCOS(C)(=O)=O)c(C)c2)c2c1CC(C)(C)CC2. The molecule has 1 aliphatic carbocycles. The minimum Gasteiger partial charge on any atom is -0.293 e. The summed E-state index contributed by atoms with van der Waals surface area (Å²) in [6.07, 6.45) is 8.07. The summed E-state index contributed by atoms with van der Waals surface area (Å²) in [4.78, 5) is 15.6. The molecule has 0 amide bonds. The summed E-state index contributed by atoms with van der Waals surface area (Å²) < 4.78 is 27.1. The molecule has 0 fully saturated rings. The summed E-state index contributed by atoms with van der Waals surface area (Å²) in [5.74, 6) is 0.285. The smallest absolute Gasteiger partial charge is 0.264 e. The van der Waals surface area contributed by atoms with Gasteiger partial charge in [-0.15, -0.1) is 11.3 Å². The monoisotopic (exact) mass is 490 g/mol. The fourth-order valence-corrected chi connectivity index (χ4v) is 6.71. The first kappa shape index (κ1) is 26.1. The molecule has 33 heavy (non-hydrogen) atoms. The van der Waals surface area contributed by atoms with Crippen LogP contribution >= 0.6 is 11.3 Å². The van der Waals surface area contributed by atoms with Crippen molar-refractivity contribution >= 4 is 27.2 Å². The Labute approximate surface area is 203 Å². The Balaban J connectivity index is 1.66. The minimum absolute atomic E-state index is 0.204. The molecule has 6 heteroatoms. The molecular weight excluding hydrogens is 452 g/mol. The Bertz CT molecular complexity index is 1100. The van der Waals surface area contributed by atoms with Gasteiger partial charge in [-0.05, 0) is 97.6 Å². The van der Waals surface area contributed by atoms with Crippen molar-refractivity contribution in [2.75, 3.05) is 12.9 Å². The molecule has 1 aromatic carbocycles. The standard InChI is InChI=1S/C27H38O4S2/c1-7-25-23-17-27(4,5)13-12-22(23)26(32-25)24(28)11-10-20-15-18(2)21(19(3)16-20)9-8-14-31-33(6,29)30/h15-16H,7-14,17H2,1-6H3. The Morgan fingerprint density at radius 3 is 2.39 bits per heavy atom. The Kier molecular flexibility index (Phi) is 8.24. The second kappa shape index (κ2) is 10.4. The van der Waals surface area contributed by atoms with Crippen LogP contribution in [-0.2, 0) is 46.4 Å². The van der Waals surface area contributed by atoms with Gasteiger partial charge < -0.3 is 0 Å². The number of carbonyl (C=O) groups is 1. The summed E-state index contributed by atoms with van der Waals surface area (Å²) in [7, 11) is -3.39. The van der Waals surface area contributed by atoms with E-state index in [-0.39, 0.29) is 12.4 Å². The van der Waals surface area contributed by atoms with Gasteiger partial charge in [-0.2, -0.15) is 8.42 Å². The number of ketones is 1. The summed E-state index contributed by atoms with van der Waals surface area (Å²) in [5, 5.41) is 0. The Morgan fingerprint density at radius 2 is 1.79 bits per heavy atom. The molecule has 182 valence electrons. The molecule has 0 saturated carbocycles. The van der Waals surface area contributed by atoms with Gasteiger partial charge in [0.15, 0.2) is 5.78 Å². The fourth-order valence-electron chi connectivity index (χ4n) is 5.01. The Hall–Kier alpha value is -1.50. The van der Waals surface area contributed by atoms with Crippen LogP contribution in [0.5, 0.6) is 0 Å². The topological polar surface area (TPSA) is 60.4 Å². The second-order valence-corrected chi connectivity index (χ2v) is 13.0. The average Bonchev–Trinajstić information content (AvgIpc) is 3.06. The van der Waals surface area contributed by atoms with Crippen LogP contribution in [0.1, 0.15) is 88.0 Å². The van der Waals surface area contributed by atoms with E-state index in [2.05, 4.69) is 46.8 Å². The van der Waals surface area contributed by atoms with Crippen LogP contribution in [0, 0.1) is 19.3 Å². The van der Waals surface area contributed by atoms with Gasteiger partial charge >= 0.3 is 0 Å². The predicted molar refractivity (Wildman–Crippen MR) is 137 cm³/mol.